The molecule has 3 N–H and O–H groups in total. The third-order valence-corrected chi connectivity index (χ3v) is 3.26. The van der Waals surface area contributed by atoms with Crippen LogP contribution < -0.4 is 21.7 Å². The van der Waals surface area contributed by atoms with Gasteiger partial charge >= 0.3 is 11.8 Å². The number of rotatable bonds is 5. The van der Waals surface area contributed by atoms with Gasteiger partial charge in [-0.3, -0.25) is 9.36 Å². The highest BCUT2D eigenvalue weighted by atomic mass is 32.1. The fourth-order valence-corrected chi connectivity index (χ4v) is 2.13. The number of aromatic amines is 1. The van der Waals surface area contributed by atoms with Gasteiger partial charge in [-0.15, -0.1) is 0 Å². The van der Waals surface area contributed by atoms with E-state index in [-0.39, 0.29) is 18.0 Å². The van der Waals surface area contributed by atoms with Gasteiger partial charge in [0.05, 0.1) is 5.69 Å². The van der Waals surface area contributed by atoms with Crippen molar-refractivity contribution in [2.45, 2.75) is 13.0 Å². The molecular weight excluding hydrogens is 306 g/mol. The molecule has 0 aliphatic carbocycles. The molecule has 0 saturated carbocycles. The SMILES string of the molecule is NC(=O)Oc1c(-c2ccccc2)[nH]c(=O)n(CCCS)c1=O. The lowest BCUT2D eigenvalue weighted by molar-refractivity contribution is 0.210. The topological polar surface area (TPSA) is 107 Å². The Hall–Kier alpha value is -2.48. The minimum atomic E-state index is -1.12. The number of hydrogen-bond donors (Lipinski definition) is 3. The van der Waals surface area contributed by atoms with Crippen molar-refractivity contribution in [2.24, 2.45) is 5.73 Å². The van der Waals surface area contributed by atoms with E-state index in [1.165, 1.54) is 0 Å². The van der Waals surface area contributed by atoms with Gasteiger partial charge in [0.2, 0.25) is 5.75 Å². The third-order valence-electron chi connectivity index (χ3n) is 2.95. The van der Waals surface area contributed by atoms with Crippen molar-refractivity contribution in [2.75, 3.05) is 5.75 Å². The van der Waals surface area contributed by atoms with E-state index in [4.69, 9.17) is 10.5 Å². The number of nitrogens with two attached hydrogens (primary N) is 1. The van der Waals surface area contributed by atoms with Crippen LogP contribution in [0.3, 0.4) is 0 Å². The fraction of sp³-hybridized carbons (Fsp3) is 0.214. The van der Waals surface area contributed by atoms with E-state index >= 15 is 0 Å². The predicted molar refractivity (Wildman–Crippen MR) is 85.4 cm³/mol. The number of H-pyrrole nitrogens is 1. The maximum atomic E-state index is 12.4. The lowest BCUT2D eigenvalue weighted by Gasteiger charge is -2.11. The van der Waals surface area contributed by atoms with Crippen LogP contribution in [0.25, 0.3) is 11.3 Å². The zero-order valence-corrected chi connectivity index (χ0v) is 12.5. The molecule has 0 saturated heterocycles. The lowest BCUT2D eigenvalue weighted by atomic mass is 10.1. The second-order valence-corrected chi connectivity index (χ2v) is 4.90. The van der Waals surface area contributed by atoms with Gasteiger partial charge in [0.25, 0.3) is 5.56 Å². The quantitative estimate of drug-likeness (QED) is 0.714. The molecule has 0 radical (unpaired) electrons. The first-order chi connectivity index (χ1) is 10.5. The van der Waals surface area contributed by atoms with Crippen molar-refractivity contribution in [3.8, 4) is 17.0 Å². The van der Waals surface area contributed by atoms with Crippen LogP contribution >= 0.6 is 12.6 Å². The second-order valence-electron chi connectivity index (χ2n) is 4.46. The monoisotopic (exact) mass is 321 g/mol. The van der Waals surface area contributed by atoms with Crippen molar-refractivity contribution in [3.63, 3.8) is 0 Å². The van der Waals surface area contributed by atoms with E-state index in [1.54, 1.807) is 30.3 Å². The Morgan fingerprint density at radius 3 is 2.55 bits per heavy atom. The second kappa shape index (κ2) is 6.99. The number of benzene rings is 1. The molecule has 0 atom stereocenters. The Balaban J connectivity index is 2.66. The zero-order chi connectivity index (χ0) is 16.1. The van der Waals surface area contributed by atoms with E-state index in [0.717, 1.165) is 4.57 Å². The standard InChI is InChI=1S/C14H15N3O4S/c15-13(19)21-11-10(9-5-2-1-3-6-9)16-14(20)17(12(11)18)7-4-8-22/h1-3,5-6,22H,4,7-8H2,(H2,15,19)(H,16,20). The van der Waals surface area contributed by atoms with Crippen molar-refractivity contribution in [3.05, 3.63) is 51.2 Å². The van der Waals surface area contributed by atoms with Gasteiger partial charge in [-0.1, -0.05) is 30.3 Å². The van der Waals surface area contributed by atoms with Gasteiger partial charge in [0, 0.05) is 12.1 Å². The number of nitrogens with zero attached hydrogens (tertiary/aromatic N) is 1. The summed E-state index contributed by atoms with van der Waals surface area (Å²) < 4.78 is 5.78. The van der Waals surface area contributed by atoms with Crippen LogP contribution in [0.2, 0.25) is 0 Å². The third kappa shape index (κ3) is 3.40. The molecule has 22 heavy (non-hydrogen) atoms. The lowest BCUT2D eigenvalue weighted by Crippen LogP contribution is -2.37. The molecule has 2 aromatic rings. The molecule has 1 aromatic carbocycles. The Bertz CT molecular complexity index is 783. The molecule has 1 amide bonds. The zero-order valence-electron chi connectivity index (χ0n) is 11.6. The van der Waals surface area contributed by atoms with E-state index in [9.17, 15) is 14.4 Å². The van der Waals surface area contributed by atoms with Gasteiger partial charge in [-0.25, -0.2) is 9.59 Å². The first-order valence-electron chi connectivity index (χ1n) is 6.55. The van der Waals surface area contributed by atoms with Crippen LogP contribution in [0.1, 0.15) is 6.42 Å². The highest BCUT2D eigenvalue weighted by Crippen LogP contribution is 2.23. The number of thiol groups is 1. The summed E-state index contributed by atoms with van der Waals surface area (Å²) in [5.41, 5.74) is 4.39. The summed E-state index contributed by atoms with van der Waals surface area (Å²) in [6, 6.07) is 8.60. The van der Waals surface area contributed by atoms with E-state index < -0.39 is 17.3 Å². The molecule has 0 spiro atoms. The first kappa shape index (κ1) is 15.9. The highest BCUT2D eigenvalue weighted by molar-refractivity contribution is 7.80. The minimum absolute atomic E-state index is 0.122. The largest absolute Gasteiger partial charge is 0.410 e. The molecule has 0 fully saturated rings. The van der Waals surface area contributed by atoms with Crippen LogP contribution in [0.15, 0.2) is 39.9 Å². The van der Waals surface area contributed by atoms with Gasteiger partial charge in [-0.2, -0.15) is 12.6 Å². The normalized spacial score (nSPS) is 10.4. The smallest absolute Gasteiger partial charge is 0.402 e. The van der Waals surface area contributed by atoms with E-state index in [1.807, 2.05) is 0 Å². The Morgan fingerprint density at radius 2 is 1.95 bits per heavy atom. The minimum Gasteiger partial charge on any atom is -0.402 e. The summed E-state index contributed by atoms with van der Waals surface area (Å²) >= 11 is 4.05. The number of carbonyl (C=O) groups excluding carboxylic acids is 1. The maximum Gasteiger partial charge on any atom is 0.410 e. The number of nitrogens with one attached hydrogen (secondary N) is 1. The molecule has 0 aliphatic rings. The van der Waals surface area contributed by atoms with Gasteiger partial charge in [0.15, 0.2) is 0 Å². The van der Waals surface area contributed by atoms with Gasteiger partial charge in [0.1, 0.15) is 0 Å². The van der Waals surface area contributed by atoms with Crippen molar-refractivity contribution in [1.29, 1.82) is 0 Å². The number of ether oxygens (including phenoxy) is 1. The Morgan fingerprint density at radius 1 is 1.27 bits per heavy atom. The van der Waals surface area contributed by atoms with Crippen LogP contribution in [-0.2, 0) is 6.54 Å². The number of carbonyl (C=O) groups is 1. The Labute approximate surface area is 131 Å². The summed E-state index contributed by atoms with van der Waals surface area (Å²) in [6.07, 6.45) is -0.602. The number of amides is 1. The molecule has 116 valence electrons. The highest BCUT2D eigenvalue weighted by Gasteiger charge is 2.18. The van der Waals surface area contributed by atoms with Crippen molar-refractivity contribution >= 4 is 18.7 Å². The molecule has 0 aliphatic heterocycles. The summed E-state index contributed by atoms with van der Waals surface area (Å²) in [7, 11) is 0. The molecular formula is C14H15N3O4S. The van der Waals surface area contributed by atoms with Gasteiger partial charge < -0.3 is 15.5 Å². The molecule has 1 aromatic heterocycles. The summed E-state index contributed by atoms with van der Waals surface area (Å²) in [6.45, 7) is 0.169. The Kier molecular flexibility index (Phi) is 5.05. The summed E-state index contributed by atoms with van der Waals surface area (Å²) in [5, 5.41) is 0. The fourth-order valence-electron chi connectivity index (χ4n) is 1.99. The predicted octanol–water partition coefficient (Wildman–Crippen LogP) is 0.981. The molecule has 7 nitrogen and oxygen atoms in total. The van der Waals surface area contributed by atoms with E-state index in [2.05, 4.69) is 17.6 Å². The summed E-state index contributed by atoms with van der Waals surface area (Å²) in [5.74, 6) is 0.218. The molecule has 8 heteroatoms. The van der Waals surface area contributed by atoms with Crippen LogP contribution in [0, 0.1) is 0 Å². The van der Waals surface area contributed by atoms with Gasteiger partial charge in [-0.05, 0) is 12.2 Å². The first-order valence-corrected chi connectivity index (χ1v) is 7.18. The van der Waals surface area contributed by atoms with Crippen LogP contribution in [-0.4, -0.2) is 21.4 Å². The van der Waals surface area contributed by atoms with Crippen molar-refractivity contribution in [1.82, 2.24) is 9.55 Å². The molecule has 2 rings (SSSR count). The molecule has 0 unspecified atom stereocenters. The summed E-state index contributed by atoms with van der Waals surface area (Å²) in [4.78, 5) is 38.1. The molecule has 0 bridgehead atoms. The average molecular weight is 321 g/mol. The van der Waals surface area contributed by atoms with Crippen molar-refractivity contribution < 1.29 is 9.53 Å². The van der Waals surface area contributed by atoms with Crippen LogP contribution in [0.4, 0.5) is 4.79 Å². The number of primary amides is 1. The molecule has 1 heterocycles. The van der Waals surface area contributed by atoms with E-state index in [0.29, 0.717) is 17.7 Å². The maximum absolute atomic E-state index is 12.4. The number of hydrogen-bond acceptors (Lipinski definition) is 5. The average Bonchev–Trinajstić information content (AvgIpc) is 2.50. The van der Waals surface area contributed by atoms with Crippen LogP contribution in [0.5, 0.6) is 5.75 Å². The number of aromatic nitrogens is 2.